The van der Waals surface area contributed by atoms with E-state index in [2.05, 4.69) is 25.3 Å². The van der Waals surface area contributed by atoms with E-state index < -0.39 is 0 Å². The van der Waals surface area contributed by atoms with Gasteiger partial charge < -0.3 is 94.1 Å². The molecule has 0 spiro atoms. The minimum atomic E-state index is 0. The molecule has 0 aliphatic carbocycles. The molecule has 0 atom stereocenters. The monoisotopic (exact) mass is 472 g/mol. The first kappa shape index (κ1) is 125. The standard InChI is InChI=1S/2CH4S.2CH3.2Co.Mo.4H2S/c2*1-2;;;;;;;;;/h2*2H,1H3;2*1H3;;;;4*1H2/q;;2*-1;;2*+2;;;;/p-6. The third-order valence-electron chi connectivity index (χ3n) is 0. The van der Waals surface area contributed by atoms with Crippen LogP contribution in [0.2, 0.25) is 0 Å². The first-order valence-corrected chi connectivity index (χ1v) is 2.45. The smallest absolute Gasteiger partial charge is 0.813 e. The van der Waals surface area contributed by atoms with Crippen molar-refractivity contribution in [2.24, 2.45) is 0 Å². The average Bonchev–Trinajstić information content (AvgIpc) is 1.50. The summed E-state index contributed by atoms with van der Waals surface area (Å²) in [6, 6.07) is 0. The van der Waals surface area contributed by atoms with Crippen LogP contribution in [-0.2, 0) is 134 Å². The van der Waals surface area contributed by atoms with Crippen LogP contribution in [0.15, 0.2) is 0 Å². The summed E-state index contributed by atoms with van der Waals surface area (Å²) in [5.74, 6) is 0. The molecule has 0 nitrogen and oxygen atoms in total. The Morgan fingerprint density at radius 3 is 0.615 bits per heavy atom. The summed E-state index contributed by atoms with van der Waals surface area (Å²) in [6.07, 6.45) is 3.17. The van der Waals surface area contributed by atoms with Crippen molar-refractivity contribution in [1.29, 1.82) is 0 Å². The number of hydrogen-bond donors (Lipinski definition) is 0. The summed E-state index contributed by atoms with van der Waals surface area (Å²) in [4.78, 5) is 0. The van der Waals surface area contributed by atoms with Gasteiger partial charge in [0.2, 0.25) is 0 Å². The fourth-order valence-electron chi connectivity index (χ4n) is 0. The molecule has 0 amide bonds. The molecule has 0 aliphatic heterocycles. The second-order valence-corrected chi connectivity index (χ2v) is 0. The summed E-state index contributed by atoms with van der Waals surface area (Å²) in [7, 11) is 0. The molecule has 0 aromatic rings. The Balaban J connectivity index is -0.000000000404. The van der Waals surface area contributed by atoms with Crippen molar-refractivity contribution >= 4 is 79.2 Å². The maximum atomic E-state index is 4.08. The summed E-state index contributed by atoms with van der Waals surface area (Å²) in [5, 5.41) is 0. The van der Waals surface area contributed by atoms with E-state index in [4.69, 9.17) is 0 Å². The summed E-state index contributed by atoms with van der Waals surface area (Å²) >= 11 is 8.17. The van der Waals surface area contributed by atoms with Gasteiger partial charge in [0, 0.05) is 16.8 Å². The largest absolute Gasteiger partial charge is 2.00 e. The van der Waals surface area contributed by atoms with Gasteiger partial charge in [0.15, 0.2) is 0 Å². The molecule has 0 saturated carbocycles. The van der Waals surface area contributed by atoms with Gasteiger partial charge in [-0.05, 0) is 0 Å². The maximum absolute atomic E-state index is 4.08. The minimum absolute atomic E-state index is 0. The van der Waals surface area contributed by atoms with Crippen LogP contribution in [0.25, 0.3) is 0 Å². The topological polar surface area (TPSA) is 0 Å². The SMILES string of the molecule is C[S-].C[S-].[CH3-].[CH3-].[Co+2].[Co].[Mo+2].[SH-].[SH-].[SH-].[SH-]. The Morgan fingerprint density at radius 2 is 0.615 bits per heavy atom. The van der Waals surface area contributed by atoms with E-state index in [9.17, 15) is 0 Å². The molecule has 0 fully saturated rings. The van der Waals surface area contributed by atoms with Crippen LogP contribution < -0.4 is 0 Å². The zero-order chi connectivity index (χ0) is 4.00. The molecule has 2 radical (unpaired) electrons. The van der Waals surface area contributed by atoms with E-state index in [1.165, 1.54) is 0 Å². The molecular weight excluding hydrogens is 454 g/mol. The van der Waals surface area contributed by atoms with Gasteiger partial charge in [-0.15, -0.1) is 0 Å². The first-order valence-electron chi connectivity index (χ1n) is 0.816. The first-order chi connectivity index (χ1) is 2.00. The number of thiol groups is 4. The quantitative estimate of drug-likeness (QED) is 0.212. The van der Waals surface area contributed by atoms with E-state index in [0.29, 0.717) is 0 Å². The number of hydrogen-bond acceptors (Lipinski definition) is 6. The minimum Gasteiger partial charge on any atom is -0.813 e. The van der Waals surface area contributed by atoms with Gasteiger partial charge in [-0.1, -0.05) is 0 Å². The zero-order valence-corrected chi connectivity index (χ0v) is 17.0. The zero-order valence-electron chi connectivity index (χ0n) is 7.68. The molecule has 0 rings (SSSR count). The Morgan fingerprint density at radius 1 is 0.615 bits per heavy atom. The summed E-state index contributed by atoms with van der Waals surface area (Å²) in [6.45, 7) is 0. The van der Waals surface area contributed by atoms with Crippen LogP contribution in [0, 0.1) is 14.9 Å². The van der Waals surface area contributed by atoms with Crippen LogP contribution in [-0.4, -0.2) is 12.5 Å². The van der Waals surface area contributed by atoms with Gasteiger partial charge in [-0.2, -0.15) is 12.5 Å². The Bertz CT molecular complexity index is 22.6. The second-order valence-electron chi connectivity index (χ2n) is 0. The third kappa shape index (κ3) is 208. The van der Waals surface area contributed by atoms with Gasteiger partial charge in [0.25, 0.3) is 0 Å². The maximum Gasteiger partial charge on any atom is 2.00 e. The van der Waals surface area contributed by atoms with Crippen LogP contribution in [0.3, 0.4) is 0 Å². The molecule has 0 aromatic carbocycles. The molecule has 0 aromatic heterocycles. The van der Waals surface area contributed by atoms with Crippen LogP contribution in [0.4, 0.5) is 0 Å². The van der Waals surface area contributed by atoms with E-state index in [1.807, 2.05) is 0 Å². The second kappa shape index (κ2) is 240. The van der Waals surface area contributed by atoms with Crippen molar-refractivity contribution in [3.8, 4) is 0 Å². The Labute approximate surface area is 159 Å². The van der Waals surface area contributed by atoms with E-state index in [1.54, 1.807) is 12.5 Å². The fraction of sp³-hybridized carbons (Fsp3) is 0.500. The molecule has 0 heterocycles. The Kier molecular flexibility index (Phi) is 2300. The van der Waals surface area contributed by atoms with Gasteiger partial charge in [0.05, 0.1) is 0 Å². The van der Waals surface area contributed by atoms with Crippen molar-refractivity contribution in [1.82, 2.24) is 0 Å². The van der Waals surface area contributed by atoms with E-state index in [-0.39, 0.29) is 123 Å². The summed E-state index contributed by atoms with van der Waals surface area (Å²) < 4.78 is 0. The van der Waals surface area contributed by atoms with E-state index in [0.717, 1.165) is 0 Å². The van der Waals surface area contributed by atoms with Crippen molar-refractivity contribution in [3.05, 3.63) is 14.9 Å². The molecule has 13 heavy (non-hydrogen) atoms. The van der Waals surface area contributed by atoms with E-state index >= 15 is 0 Å². The average molecular weight is 470 g/mol. The molecular formula is C4H16Co2MoS6-4. The van der Waals surface area contributed by atoms with Gasteiger partial charge >= 0.3 is 37.8 Å². The van der Waals surface area contributed by atoms with Crippen LogP contribution in [0.5, 0.6) is 0 Å². The van der Waals surface area contributed by atoms with Crippen LogP contribution in [0.1, 0.15) is 0 Å². The molecule has 0 aliphatic rings. The van der Waals surface area contributed by atoms with Crippen molar-refractivity contribution in [2.75, 3.05) is 12.5 Å². The van der Waals surface area contributed by atoms with Gasteiger partial charge in [-0.25, -0.2) is 0 Å². The predicted octanol–water partition coefficient (Wildman–Crippen LogP) is 0.139. The van der Waals surface area contributed by atoms with Crippen LogP contribution >= 0.6 is 0 Å². The van der Waals surface area contributed by atoms with Crippen molar-refractivity contribution in [2.45, 2.75) is 0 Å². The fourth-order valence-corrected chi connectivity index (χ4v) is 0. The normalized spacial score (nSPS) is 0.923. The Hall–Kier alpha value is 3.80. The van der Waals surface area contributed by atoms with Crippen molar-refractivity contribution in [3.63, 3.8) is 0 Å². The third-order valence-corrected chi connectivity index (χ3v) is 0. The summed E-state index contributed by atoms with van der Waals surface area (Å²) in [5.41, 5.74) is 0. The van der Waals surface area contributed by atoms with Gasteiger partial charge in [0.1, 0.15) is 0 Å². The van der Waals surface area contributed by atoms with Gasteiger partial charge in [-0.3, -0.25) is 0 Å². The molecule has 0 N–H and O–H groups in total. The molecule has 9 heteroatoms. The molecule has 0 saturated heterocycles. The molecule has 0 unspecified atom stereocenters. The predicted molar refractivity (Wildman–Crippen MR) is 74.4 cm³/mol. The molecule has 0 bridgehead atoms. The number of rotatable bonds is 0. The molecule has 96 valence electrons. The van der Waals surface area contributed by atoms with Crippen molar-refractivity contribution < 1.29 is 54.6 Å².